The van der Waals surface area contributed by atoms with Gasteiger partial charge in [-0.15, -0.1) is 0 Å². The van der Waals surface area contributed by atoms with E-state index in [-0.39, 0.29) is 6.61 Å². The maximum atomic E-state index is 10.4. The highest BCUT2D eigenvalue weighted by atomic mass is 79.9. The molecule has 0 bridgehead atoms. The summed E-state index contributed by atoms with van der Waals surface area (Å²) in [5.74, 6) is 0.375. The third kappa shape index (κ3) is 4.96. The Kier molecular flexibility index (Phi) is 5.64. The molecule has 17 heavy (non-hydrogen) atoms. The summed E-state index contributed by atoms with van der Waals surface area (Å²) in [5.41, 5.74) is 4.91. The Bertz CT molecular complexity index is 389. The zero-order chi connectivity index (χ0) is 12.7. The smallest absolute Gasteiger partial charge is 0.243 e. The van der Waals surface area contributed by atoms with Gasteiger partial charge in [0, 0.05) is 6.54 Å². The minimum absolute atomic E-state index is 0.0911. The van der Waals surface area contributed by atoms with Crippen molar-refractivity contribution in [1.82, 2.24) is 9.97 Å². The number of rotatable bonds is 7. The molecule has 3 N–H and O–H groups in total. The monoisotopic (exact) mass is 304 g/mol. The summed E-state index contributed by atoms with van der Waals surface area (Å²) in [6.45, 7) is 0.717. The van der Waals surface area contributed by atoms with E-state index in [9.17, 15) is 4.79 Å². The van der Waals surface area contributed by atoms with E-state index in [1.54, 1.807) is 6.20 Å². The number of nitrogens with one attached hydrogen (secondary N) is 1. The highest BCUT2D eigenvalue weighted by molar-refractivity contribution is 9.10. The van der Waals surface area contributed by atoms with Gasteiger partial charge in [-0.1, -0.05) is 0 Å². The molecule has 0 atom stereocenters. The average Bonchev–Trinajstić information content (AvgIpc) is 2.30. The molecule has 0 aliphatic heterocycles. The minimum Gasteiger partial charge on any atom is -0.480 e. The molecular weight excluding hydrogens is 292 g/mol. The molecule has 0 saturated heterocycles. The number of carbonyl (C=O) groups is 1. The molecule has 0 unspecified atom stereocenters. The molecule has 94 valence electrons. The van der Waals surface area contributed by atoms with Crippen LogP contribution in [-0.4, -0.2) is 42.7 Å². The van der Waals surface area contributed by atoms with Crippen molar-refractivity contribution >= 4 is 27.8 Å². The first kappa shape index (κ1) is 13.7. The third-order valence-electron chi connectivity index (χ3n) is 1.68. The van der Waals surface area contributed by atoms with E-state index >= 15 is 0 Å². The molecular formula is C9H13BrN4O3. The van der Waals surface area contributed by atoms with E-state index in [4.69, 9.17) is 15.2 Å². The predicted molar refractivity (Wildman–Crippen MR) is 64.8 cm³/mol. The van der Waals surface area contributed by atoms with Crippen LogP contribution < -0.4 is 15.8 Å². The van der Waals surface area contributed by atoms with Crippen molar-refractivity contribution in [2.24, 2.45) is 5.73 Å². The molecule has 1 aromatic rings. The number of amides is 1. The number of nitrogens with two attached hydrogens (primary N) is 1. The summed E-state index contributed by atoms with van der Waals surface area (Å²) < 4.78 is 10.7. The van der Waals surface area contributed by atoms with Crippen molar-refractivity contribution in [2.45, 2.75) is 0 Å². The standard InChI is InChI=1S/C9H13BrN4O3/c1-16-8-6(10)4-13-9(14-8)12-2-3-17-5-7(11)15/h4H,2-3,5H2,1H3,(H2,11,15)(H,12,13,14). The van der Waals surface area contributed by atoms with Gasteiger partial charge in [0.15, 0.2) is 0 Å². The van der Waals surface area contributed by atoms with Crippen LogP contribution in [0.1, 0.15) is 0 Å². The number of hydrogen-bond donors (Lipinski definition) is 2. The lowest BCUT2D eigenvalue weighted by molar-refractivity contribution is -0.122. The summed E-state index contributed by atoms with van der Waals surface area (Å²) >= 11 is 3.25. The lowest BCUT2D eigenvalue weighted by Gasteiger charge is -2.07. The van der Waals surface area contributed by atoms with Crippen molar-refractivity contribution in [1.29, 1.82) is 0 Å². The molecule has 7 nitrogen and oxygen atoms in total. The number of carbonyl (C=O) groups excluding carboxylic acids is 1. The lowest BCUT2D eigenvalue weighted by atomic mass is 10.6. The number of anilines is 1. The second-order valence-corrected chi connectivity index (χ2v) is 3.85. The Morgan fingerprint density at radius 3 is 3.06 bits per heavy atom. The van der Waals surface area contributed by atoms with Gasteiger partial charge >= 0.3 is 0 Å². The van der Waals surface area contributed by atoms with E-state index in [2.05, 4.69) is 31.2 Å². The fourth-order valence-corrected chi connectivity index (χ4v) is 1.34. The SMILES string of the molecule is COc1nc(NCCOCC(N)=O)ncc1Br. The lowest BCUT2D eigenvalue weighted by Crippen LogP contribution is -2.21. The van der Waals surface area contributed by atoms with Gasteiger partial charge in [-0.25, -0.2) is 4.98 Å². The Balaban J connectivity index is 2.34. The number of aromatic nitrogens is 2. The van der Waals surface area contributed by atoms with Gasteiger partial charge < -0.3 is 20.5 Å². The molecule has 0 aromatic carbocycles. The highest BCUT2D eigenvalue weighted by Crippen LogP contribution is 2.21. The predicted octanol–water partition coefficient (Wildman–Crippen LogP) is 0.161. The number of hydrogen-bond acceptors (Lipinski definition) is 6. The zero-order valence-corrected chi connectivity index (χ0v) is 10.9. The Morgan fingerprint density at radius 2 is 2.41 bits per heavy atom. The average molecular weight is 305 g/mol. The maximum Gasteiger partial charge on any atom is 0.243 e. The first-order valence-corrected chi connectivity index (χ1v) is 5.59. The van der Waals surface area contributed by atoms with Gasteiger partial charge in [0.05, 0.1) is 24.4 Å². The van der Waals surface area contributed by atoms with Crippen molar-refractivity contribution in [3.8, 4) is 5.88 Å². The van der Waals surface area contributed by atoms with Gasteiger partial charge in [0.2, 0.25) is 17.7 Å². The number of nitrogens with zero attached hydrogens (tertiary/aromatic N) is 2. The summed E-state index contributed by atoms with van der Waals surface area (Å²) in [6.07, 6.45) is 1.58. The van der Waals surface area contributed by atoms with Gasteiger partial charge in [-0.05, 0) is 15.9 Å². The van der Waals surface area contributed by atoms with Crippen LogP contribution in [-0.2, 0) is 9.53 Å². The minimum atomic E-state index is -0.494. The summed E-state index contributed by atoms with van der Waals surface area (Å²) in [5, 5.41) is 2.92. The number of halogens is 1. The quantitative estimate of drug-likeness (QED) is 0.696. The molecule has 0 spiro atoms. The molecule has 1 aromatic heterocycles. The van der Waals surface area contributed by atoms with Crippen LogP contribution in [0.4, 0.5) is 5.95 Å². The van der Waals surface area contributed by atoms with Crippen molar-refractivity contribution < 1.29 is 14.3 Å². The molecule has 1 heterocycles. The van der Waals surface area contributed by atoms with Gasteiger partial charge in [0.25, 0.3) is 0 Å². The first-order chi connectivity index (χ1) is 8.13. The third-order valence-corrected chi connectivity index (χ3v) is 2.22. The maximum absolute atomic E-state index is 10.4. The van der Waals surface area contributed by atoms with Crippen LogP contribution in [0.25, 0.3) is 0 Å². The summed E-state index contributed by atoms with van der Waals surface area (Å²) in [7, 11) is 1.52. The van der Waals surface area contributed by atoms with Crippen LogP contribution >= 0.6 is 15.9 Å². The zero-order valence-electron chi connectivity index (χ0n) is 9.27. The Labute approximate surface area is 107 Å². The van der Waals surface area contributed by atoms with E-state index in [0.717, 1.165) is 0 Å². The van der Waals surface area contributed by atoms with Crippen LogP contribution in [0.15, 0.2) is 10.7 Å². The first-order valence-electron chi connectivity index (χ1n) is 4.80. The van der Waals surface area contributed by atoms with Gasteiger partial charge in [0.1, 0.15) is 6.61 Å². The largest absolute Gasteiger partial charge is 0.480 e. The number of methoxy groups -OCH3 is 1. The van der Waals surface area contributed by atoms with E-state index < -0.39 is 5.91 Å². The number of primary amides is 1. The van der Waals surface area contributed by atoms with Crippen molar-refractivity contribution in [3.05, 3.63) is 10.7 Å². The fourth-order valence-electron chi connectivity index (χ4n) is 0.988. The molecule has 1 rings (SSSR count). The van der Waals surface area contributed by atoms with Crippen LogP contribution in [0.3, 0.4) is 0 Å². The van der Waals surface area contributed by atoms with Crippen LogP contribution in [0.5, 0.6) is 5.88 Å². The van der Waals surface area contributed by atoms with E-state index in [0.29, 0.717) is 29.5 Å². The summed E-state index contributed by atoms with van der Waals surface area (Å²) in [6, 6.07) is 0. The molecule has 0 aliphatic rings. The fraction of sp³-hybridized carbons (Fsp3) is 0.444. The summed E-state index contributed by atoms with van der Waals surface area (Å²) in [4.78, 5) is 18.5. The van der Waals surface area contributed by atoms with Gasteiger partial charge in [-0.2, -0.15) is 4.98 Å². The molecule has 1 amide bonds. The number of ether oxygens (including phenoxy) is 2. The highest BCUT2D eigenvalue weighted by Gasteiger charge is 2.04. The second-order valence-electron chi connectivity index (χ2n) is 3.00. The second kappa shape index (κ2) is 7.02. The topological polar surface area (TPSA) is 99.4 Å². The molecule has 0 aliphatic carbocycles. The van der Waals surface area contributed by atoms with E-state index in [1.807, 2.05) is 0 Å². The Morgan fingerprint density at radius 1 is 1.65 bits per heavy atom. The molecule has 8 heteroatoms. The van der Waals surface area contributed by atoms with Crippen molar-refractivity contribution in [2.75, 3.05) is 32.2 Å². The van der Waals surface area contributed by atoms with E-state index in [1.165, 1.54) is 7.11 Å². The van der Waals surface area contributed by atoms with Crippen molar-refractivity contribution in [3.63, 3.8) is 0 Å². The molecule has 0 radical (unpaired) electrons. The van der Waals surface area contributed by atoms with Gasteiger partial charge in [-0.3, -0.25) is 4.79 Å². The Hall–Kier alpha value is -1.41. The van der Waals surface area contributed by atoms with Crippen LogP contribution in [0.2, 0.25) is 0 Å². The molecule has 0 fully saturated rings. The normalized spacial score (nSPS) is 10.0. The molecule has 0 saturated carbocycles. The van der Waals surface area contributed by atoms with Crippen LogP contribution in [0, 0.1) is 0 Å².